The molecule has 1 aromatic rings. The van der Waals surface area contributed by atoms with Gasteiger partial charge >= 0.3 is 0 Å². The van der Waals surface area contributed by atoms with Crippen molar-refractivity contribution in [3.8, 4) is 0 Å². The molecule has 1 aromatic carbocycles. The molecule has 3 heteroatoms. The number of likely N-dealkylation sites (N-methyl/N-ethyl adjacent to an activating group) is 1. The van der Waals surface area contributed by atoms with Crippen LogP contribution in [0.25, 0.3) is 0 Å². The molecular formula is C13H23N2O+. The van der Waals surface area contributed by atoms with Crippen molar-refractivity contribution in [1.29, 1.82) is 0 Å². The topological polar surface area (TPSA) is 46.2 Å². The van der Waals surface area contributed by atoms with E-state index in [2.05, 4.69) is 14.1 Å². The number of nitrogens with two attached hydrogens (primary N) is 1. The maximum atomic E-state index is 10.1. The minimum Gasteiger partial charge on any atom is -0.382 e. The summed E-state index contributed by atoms with van der Waals surface area (Å²) in [4.78, 5) is 0. The van der Waals surface area contributed by atoms with Gasteiger partial charge in [-0.05, 0) is 12.1 Å². The first kappa shape index (κ1) is 13.2. The molecule has 1 rings (SSSR count). The van der Waals surface area contributed by atoms with Crippen molar-refractivity contribution < 1.29 is 9.59 Å². The molecule has 0 bridgehead atoms. The lowest BCUT2D eigenvalue weighted by Gasteiger charge is -2.31. The number of quaternary nitrogens is 1. The maximum absolute atomic E-state index is 10.1. The molecule has 0 aliphatic rings. The van der Waals surface area contributed by atoms with E-state index in [0.29, 0.717) is 6.54 Å². The molecule has 0 amide bonds. The molecule has 0 aliphatic heterocycles. The fourth-order valence-corrected chi connectivity index (χ4v) is 1.86. The van der Waals surface area contributed by atoms with Crippen LogP contribution < -0.4 is 5.73 Å². The first-order valence-electron chi connectivity index (χ1n) is 5.80. The number of rotatable bonds is 6. The Morgan fingerprint density at radius 2 is 1.88 bits per heavy atom. The number of aliphatic hydroxyl groups is 1. The molecule has 0 fully saturated rings. The van der Waals surface area contributed by atoms with Gasteiger partial charge in [0.05, 0.1) is 20.6 Å². The third-order valence-electron chi connectivity index (χ3n) is 2.82. The Morgan fingerprint density at radius 3 is 2.44 bits per heavy atom. The predicted molar refractivity (Wildman–Crippen MR) is 66.9 cm³/mol. The van der Waals surface area contributed by atoms with Crippen molar-refractivity contribution in [2.75, 3.05) is 33.7 Å². The summed E-state index contributed by atoms with van der Waals surface area (Å²) in [5.74, 6) is 0. The van der Waals surface area contributed by atoms with Gasteiger partial charge < -0.3 is 15.3 Å². The molecule has 1 unspecified atom stereocenters. The van der Waals surface area contributed by atoms with Gasteiger partial charge in [0.25, 0.3) is 0 Å². The molecule has 0 saturated carbocycles. The maximum Gasteiger partial charge on any atom is 0.128 e. The van der Waals surface area contributed by atoms with Crippen LogP contribution in [0.5, 0.6) is 0 Å². The molecule has 0 aromatic heterocycles. The smallest absolute Gasteiger partial charge is 0.128 e. The van der Waals surface area contributed by atoms with Gasteiger partial charge in [-0.15, -0.1) is 0 Å². The van der Waals surface area contributed by atoms with Crippen molar-refractivity contribution in [1.82, 2.24) is 0 Å². The number of aliphatic hydroxyl groups excluding tert-OH is 1. The largest absolute Gasteiger partial charge is 0.382 e. The summed E-state index contributed by atoms with van der Waals surface area (Å²) < 4.78 is 0.799. The van der Waals surface area contributed by atoms with Crippen molar-refractivity contribution in [2.24, 2.45) is 5.73 Å². The highest BCUT2D eigenvalue weighted by molar-refractivity contribution is 5.17. The second-order valence-electron chi connectivity index (χ2n) is 4.91. The first-order valence-corrected chi connectivity index (χ1v) is 5.80. The second-order valence-corrected chi connectivity index (χ2v) is 4.91. The van der Waals surface area contributed by atoms with Crippen LogP contribution in [0.1, 0.15) is 18.1 Å². The van der Waals surface area contributed by atoms with Crippen LogP contribution >= 0.6 is 0 Å². The van der Waals surface area contributed by atoms with E-state index in [4.69, 9.17) is 5.73 Å². The molecule has 1 atom stereocenters. The van der Waals surface area contributed by atoms with Gasteiger partial charge in [0.15, 0.2) is 0 Å². The number of nitrogens with zero attached hydrogens (tertiary/aromatic N) is 1. The molecule has 16 heavy (non-hydrogen) atoms. The minimum atomic E-state index is -0.394. The molecule has 0 heterocycles. The van der Waals surface area contributed by atoms with Gasteiger partial charge in [0.2, 0.25) is 0 Å². The molecule has 3 N–H and O–H groups in total. The van der Waals surface area contributed by atoms with Gasteiger partial charge in [0.1, 0.15) is 12.6 Å². The van der Waals surface area contributed by atoms with E-state index in [1.54, 1.807) is 0 Å². The molecule has 3 nitrogen and oxygen atoms in total. The molecule has 0 saturated heterocycles. The highest BCUT2D eigenvalue weighted by Crippen LogP contribution is 2.16. The molecule has 0 spiro atoms. The standard InChI is InChI=1S/C13H23N2O/c1-15(2,10-6-9-14)11-13(16)12-7-4-3-5-8-12/h3-5,7-8,13,16H,6,9-11,14H2,1-2H3/q+1. The summed E-state index contributed by atoms with van der Waals surface area (Å²) in [7, 11) is 4.25. The van der Waals surface area contributed by atoms with Crippen LogP contribution in [0.15, 0.2) is 30.3 Å². The summed E-state index contributed by atoms with van der Waals surface area (Å²) >= 11 is 0. The summed E-state index contributed by atoms with van der Waals surface area (Å²) in [6.07, 6.45) is 0.600. The minimum absolute atomic E-state index is 0.394. The van der Waals surface area contributed by atoms with Gasteiger partial charge in [0, 0.05) is 6.42 Å². The Labute approximate surface area is 98.1 Å². The fourth-order valence-electron chi connectivity index (χ4n) is 1.86. The molecule has 90 valence electrons. The zero-order valence-electron chi connectivity index (χ0n) is 10.3. The van der Waals surface area contributed by atoms with Crippen LogP contribution in [-0.2, 0) is 0 Å². The van der Waals surface area contributed by atoms with Crippen LogP contribution in [0.2, 0.25) is 0 Å². The summed E-state index contributed by atoms with van der Waals surface area (Å²) in [6.45, 7) is 2.44. The van der Waals surface area contributed by atoms with Crippen molar-refractivity contribution in [3.05, 3.63) is 35.9 Å². The monoisotopic (exact) mass is 223 g/mol. The highest BCUT2D eigenvalue weighted by Gasteiger charge is 2.20. The Bertz CT molecular complexity index is 298. The van der Waals surface area contributed by atoms with Crippen molar-refractivity contribution in [3.63, 3.8) is 0 Å². The van der Waals surface area contributed by atoms with Gasteiger partial charge in [-0.2, -0.15) is 0 Å². The quantitative estimate of drug-likeness (QED) is 0.711. The lowest BCUT2D eigenvalue weighted by atomic mass is 10.1. The Kier molecular flexibility index (Phi) is 4.93. The second kappa shape index (κ2) is 5.99. The summed E-state index contributed by atoms with van der Waals surface area (Å²) in [6, 6.07) is 9.81. The summed E-state index contributed by atoms with van der Waals surface area (Å²) in [5.41, 5.74) is 6.49. The van der Waals surface area contributed by atoms with Crippen molar-refractivity contribution in [2.45, 2.75) is 12.5 Å². The number of hydrogen-bond acceptors (Lipinski definition) is 2. The average molecular weight is 223 g/mol. The molecule has 0 aliphatic carbocycles. The number of hydrogen-bond donors (Lipinski definition) is 2. The molecule has 0 radical (unpaired) electrons. The van der Waals surface area contributed by atoms with Crippen LogP contribution in [0.3, 0.4) is 0 Å². The summed E-state index contributed by atoms with van der Waals surface area (Å²) in [5, 5.41) is 10.1. The normalized spacial score (nSPS) is 13.8. The van der Waals surface area contributed by atoms with Gasteiger partial charge in [-0.3, -0.25) is 0 Å². The number of benzene rings is 1. The van der Waals surface area contributed by atoms with Gasteiger partial charge in [-0.25, -0.2) is 0 Å². The average Bonchev–Trinajstić information content (AvgIpc) is 2.27. The lowest BCUT2D eigenvalue weighted by molar-refractivity contribution is -0.894. The van der Waals surface area contributed by atoms with E-state index in [1.165, 1.54) is 0 Å². The zero-order chi connectivity index (χ0) is 12.0. The Hall–Kier alpha value is -0.900. The van der Waals surface area contributed by atoms with Gasteiger partial charge in [-0.1, -0.05) is 30.3 Å². The van der Waals surface area contributed by atoms with Crippen LogP contribution in [-0.4, -0.2) is 43.3 Å². The third-order valence-corrected chi connectivity index (χ3v) is 2.82. The Balaban J connectivity index is 2.53. The van der Waals surface area contributed by atoms with Crippen molar-refractivity contribution >= 4 is 0 Å². The molecular weight excluding hydrogens is 200 g/mol. The lowest BCUT2D eigenvalue weighted by Crippen LogP contribution is -2.44. The zero-order valence-corrected chi connectivity index (χ0v) is 10.3. The van der Waals surface area contributed by atoms with E-state index < -0.39 is 6.10 Å². The van der Waals surface area contributed by atoms with E-state index in [1.807, 2.05) is 30.3 Å². The van der Waals surface area contributed by atoms with E-state index in [-0.39, 0.29) is 0 Å². The fraction of sp³-hybridized carbons (Fsp3) is 0.538. The Morgan fingerprint density at radius 1 is 1.25 bits per heavy atom. The third kappa shape index (κ3) is 4.31. The van der Waals surface area contributed by atoms with Crippen LogP contribution in [0, 0.1) is 0 Å². The SMILES string of the molecule is C[N+](C)(CCCN)CC(O)c1ccccc1. The highest BCUT2D eigenvalue weighted by atomic mass is 16.3. The van der Waals surface area contributed by atoms with E-state index in [9.17, 15) is 5.11 Å². The first-order chi connectivity index (χ1) is 7.55. The van der Waals surface area contributed by atoms with Crippen LogP contribution in [0.4, 0.5) is 0 Å². The van der Waals surface area contributed by atoms with E-state index in [0.717, 1.165) is 29.6 Å². The van der Waals surface area contributed by atoms with E-state index >= 15 is 0 Å². The predicted octanol–water partition coefficient (Wildman–Crippen LogP) is 1.15.